The van der Waals surface area contributed by atoms with E-state index < -0.39 is 10.0 Å². The van der Waals surface area contributed by atoms with E-state index in [1.54, 1.807) is 28.7 Å². The summed E-state index contributed by atoms with van der Waals surface area (Å²) in [5.41, 5.74) is 7.08. The largest absolute Gasteiger partial charge is 0.399 e. The number of benzene rings is 1. The Hall–Kier alpha value is -1.53. The van der Waals surface area contributed by atoms with E-state index in [0.717, 1.165) is 5.52 Å². The standard InChI is InChI=1S/C15H23N3O2S/c1-10(2)9-18(11(3)4)21(19,20)15-8-17-14-7-12(16)5-6-13(14)15/h5-8,10-11,17H,9,16H2,1-4H3. The van der Waals surface area contributed by atoms with Gasteiger partial charge in [0.15, 0.2) is 0 Å². The van der Waals surface area contributed by atoms with E-state index in [0.29, 0.717) is 22.5 Å². The van der Waals surface area contributed by atoms with Crippen molar-refractivity contribution < 1.29 is 8.42 Å². The summed E-state index contributed by atoms with van der Waals surface area (Å²) in [6.07, 6.45) is 1.55. The molecule has 0 bridgehead atoms. The van der Waals surface area contributed by atoms with Gasteiger partial charge in [-0.05, 0) is 38.0 Å². The quantitative estimate of drug-likeness (QED) is 0.834. The van der Waals surface area contributed by atoms with Crippen molar-refractivity contribution in [3.05, 3.63) is 24.4 Å². The van der Waals surface area contributed by atoms with Crippen molar-refractivity contribution in [1.29, 1.82) is 0 Å². The molecule has 1 heterocycles. The molecule has 0 unspecified atom stereocenters. The first-order valence-electron chi connectivity index (χ1n) is 7.12. The van der Waals surface area contributed by atoms with Crippen LogP contribution in [0.1, 0.15) is 27.7 Å². The molecule has 6 heteroatoms. The minimum Gasteiger partial charge on any atom is -0.399 e. The summed E-state index contributed by atoms with van der Waals surface area (Å²) in [5, 5.41) is 0.679. The third kappa shape index (κ3) is 3.06. The van der Waals surface area contributed by atoms with Gasteiger partial charge in [-0.25, -0.2) is 8.42 Å². The number of hydrogen-bond acceptors (Lipinski definition) is 3. The Morgan fingerprint density at radius 1 is 1.24 bits per heavy atom. The highest BCUT2D eigenvalue weighted by Crippen LogP contribution is 2.28. The Morgan fingerprint density at radius 2 is 1.90 bits per heavy atom. The van der Waals surface area contributed by atoms with Crippen LogP contribution in [-0.2, 0) is 10.0 Å². The number of nitrogens with one attached hydrogen (secondary N) is 1. The molecule has 0 aliphatic heterocycles. The average Bonchev–Trinajstić information content (AvgIpc) is 2.78. The molecule has 0 saturated carbocycles. The van der Waals surface area contributed by atoms with E-state index in [1.165, 1.54) is 0 Å². The summed E-state index contributed by atoms with van der Waals surface area (Å²) in [4.78, 5) is 3.31. The van der Waals surface area contributed by atoms with E-state index >= 15 is 0 Å². The zero-order chi connectivity index (χ0) is 15.8. The molecule has 0 aliphatic carbocycles. The van der Waals surface area contributed by atoms with Crippen LogP contribution in [0.5, 0.6) is 0 Å². The molecule has 0 aliphatic rings. The molecule has 0 amide bonds. The van der Waals surface area contributed by atoms with Gasteiger partial charge in [0.25, 0.3) is 0 Å². The number of hydrogen-bond donors (Lipinski definition) is 2. The fourth-order valence-electron chi connectivity index (χ4n) is 2.40. The van der Waals surface area contributed by atoms with Crippen molar-refractivity contribution in [2.45, 2.75) is 38.6 Å². The molecular formula is C15H23N3O2S. The lowest BCUT2D eigenvalue weighted by molar-refractivity contribution is 0.319. The summed E-state index contributed by atoms with van der Waals surface area (Å²) >= 11 is 0. The topological polar surface area (TPSA) is 79.2 Å². The lowest BCUT2D eigenvalue weighted by Crippen LogP contribution is -2.39. The number of anilines is 1. The number of aromatic amines is 1. The van der Waals surface area contributed by atoms with Crippen LogP contribution in [0, 0.1) is 5.92 Å². The van der Waals surface area contributed by atoms with E-state index in [1.807, 2.05) is 27.7 Å². The second-order valence-electron chi connectivity index (χ2n) is 6.02. The molecule has 0 fully saturated rings. The van der Waals surface area contributed by atoms with Crippen molar-refractivity contribution in [3.63, 3.8) is 0 Å². The molecule has 0 saturated heterocycles. The highest BCUT2D eigenvalue weighted by Gasteiger charge is 2.29. The SMILES string of the molecule is CC(C)CN(C(C)C)S(=O)(=O)c1c[nH]c2cc(N)ccc12. The van der Waals surface area contributed by atoms with Crippen molar-refractivity contribution >= 4 is 26.6 Å². The molecule has 3 N–H and O–H groups in total. The molecule has 0 radical (unpaired) electrons. The molecule has 2 rings (SSSR count). The number of nitrogens with two attached hydrogens (primary N) is 1. The van der Waals surface area contributed by atoms with Crippen LogP contribution >= 0.6 is 0 Å². The Labute approximate surface area is 126 Å². The normalized spacial score (nSPS) is 12.9. The third-order valence-corrected chi connectivity index (χ3v) is 5.46. The van der Waals surface area contributed by atoms with E-state index in [9.17, 15) is 8.42 Å². The minimum absolute atomic E-state index is 0.0869. The Morgan fingerprint density at radius 3 is 2.48 bits per heavy atom. The highest BCUT2D eigenvalue weighted by molar-refractivity contribution is 7.89. The predicted molar refractivity (Wildman–Crippen MR) is 86.6 cm³/mol. The van der Waals surface area contributed by atoms with E-state index in [-0.39, 0.29) is 12.0 Å². The third-order valence-electron chi connectivity index (χ3n) is 3.38. The molecule has 0 spiro atoms. The van der Waals surface area contributed by atoms with Gasteiger partial charge in [0.05, 0.1) is 0 Å². The fourth-order valence-corrected chi connectivity index (χ4v) is 4.37. The number of nitrogen functional groups attached to an aromatic ring is 1. The molecule has 2 aromatic rings. The average molecular weight is 309 g/mol. The van der Waals surface area contributed by atoms with Crippen LogP contribution in [0.25, 0.3) is 10.9 Å². The van der Waals surface area contributed by atoms with Gasteiger partial charge in [0.2, 0.25) is 10.0 Å². The van der Waals surface area contributed by atoms with Crippen LogP contribution in [0.2, 0.25) is 0 Å². The second kappa shape index (κ2) is 5.69. The Balaban J connectivity index is 2.54. The van der Waals surface area contributed by atoms with Gasteiger partial charge >= 0.3 is 0 Å². The summed E-state index contributed by atoms with van der Waals surface area (Å²) in [6.45, 7) is 8.32. The fraction of sp³-hybridized carbons (Fsp3) is 0.467. The molecule has 1 aromatic carbocycles. The van der Waals surface area contributed by atoms with Crippen molar-refractivity contribution in [2.24, 2.45) is 5.92 Å². The summed E-state index contributed by atoms with van der Waals surface area (Å²) in [7, 11) is -3.53. The first-order valence-corrected chi connectivity index (χ1v) is 8.56. The number of H-pyrrole nitrogens is 1. The highest BCUT2D eigenvalue weighted by atomic mass is 32.2. The maximum atomic E-state index is 12.9. The van der Waals surface area contributed by atoms with Crippen molar-refractivity contribution in [2.75, 3.05) is 12.3 Å². The van der Waals surface area contributed by atoms with Gasteiger partial charge in [-0.3, -0.25) is 0 Å². The molecule has 21 heavy (non-hydrogen) atoms. The monoisotopic (exact) mass is 309 g/mol. The van der Waals surface area contributed by atoms with Gasteiger partial charge in [-0.2, -0.15) is 4.31 Å². The number of rotatable bonds is 5. The van der Waals surface area contributed by atoms with Crippen LogP contribution in [-0.4, -0.2) is 30.3 Å². The molecule has 116 valence electrons. The maximum Gasteiger partial charge on any atom is 0.245 e. The number of nitrogens with zero attached hydrogens (tertiary/aromatic N) is 1. The molecule has 0 atom stereocenters. The van der Waals surface area contributed by atoms with Gasteiger partial charge < -0.3 is 10.7 Å². The summed E-state index contributed by atoms with van der Waals surface area (Å²) in [5.74, 6) is 0.267. The van der Waals surface area contributed by atoms with Gasteiger partial charge in [-0.1, -0.05) is 13.8 Å². The van der Waals surface area contributed by atoms with Gasteiger partial charge in [0, 0.05) is 35.4 Å². The predicted octanol–water partition coefficient (Wildman–Crippen LogP) is 2.81. The second-order valence-corrected chi connectivity index (χ2v) is 7.88. The van der Waals surface area contributed by atoms with Crippen LogP contribution < -0.4 is 5.73 Å². The lowest BCUT2D eigenvalue weighted by Gasteiger charge is -2.27. The lowest BCUT2D eigenvalue weighted by atomic mass is 10.2. The van der Waals surface area contributed by atoms with Gasteiger partial charge in [-0.15, -0.1) is 0 Å². The molecule has 5 nitrogen and oxygen atoms in total. The number of aromatic nitrogens is 1. The molecule has 1 aromatic heterocycles. The Bertz CT molecular complexity index is 732. The van der Waals surface area contributed by atoms with Gasteiger partial charge in [0.1, 0.15) is 4.90 Å². The maximum absolute atomic E-state index is 12.9. The van der Waals surface area contributed by atoms with Crippen LogP contribution in [0.15, 0.2) is 29.3 Å². The van der Waals surface area contributed by atoms with Crippen LogP contribution in [0.3, 0.4) is 0 Å². The number of fused-ring (bicyclic) bond motifs is 1. The number of sulfonamides is 1. The van der Waals surface area contributed by atoms with Crippen molar-refractivity contribution in [1.82, 2.24) is 9.29 Å². The first kappa shape index (κ1) is 15.9. The minimum atomic E-state index is -3.53. The van der Waals surface area contributed by atoms with Crippen LogP contribution in [0.4, 0.5) is 5.69 Å². The zero-order valence-electron chi connectivity index (χ0n) is 12.9. The smallest absolute Gasteiger partial charge is 0.245 e. The summed E-state index contributed by atoms with van der Waals surface area (Å²) < 4.78 is 27.4. The van der Waals surface area contributed by atoms with Crippen molar-refractivity contribution in [3.8, 4) is 0 Å². The zero-order valence-corrected chi connectivity index (χ0v) is 13.7. The van der Waals surface area contributed by atoms with E-state index in [4.69, 9.17) is 5.73 Å². The summed E-state index contributed by atoms with van der Waals surface area (Å²) in [6, 6.07) is 5.13. The Kier molecular flexibility index (Phi) is 4.30. The first-order chi connectivity index (χ1) is 9.73. The molecular weight excluding hydrogens is 286 g/mol. The van der Waals surface area contributed by atoms with E-state index in [2.05, 4.69) is 4.98 Å².